The Balaban J connectivity index is 1.60. The second-order valence-corrected chi connectivity index (χ2v) is 5.54. The minimum absolute atomic E-state index is 0.612. The third-order valence-corrected chi connectivity index (χ3v) is 3.81. The van der Waals surface area contributed by atoms with Crippen molar-refractivity contribution in [3.05, 3.63) is 66.2 Å². The van der Waals surface area contributed by atoms with E-state index >= 15 is 0 Å². The van der Waals surface area contributed by atoms with Crippen LogP contribution in [0.1, 0.15) is 11.1 Å². The number of ether oxygens (including phenoxy) is 2. The maximum absolute atomic E-state index is 5.33. The highest BCUT2D eigenvalue weighted by Gasteiger charge is 2.05. The summed E-state index contributed by atoms with van der Waals surface area (Å²) in [5, 5.41) is 6.57. The first-order valence-corrected chi connectivity index (χ1v) is 8.18. The van der Waals surface area contributed by atoms with Gasteiger partial charge in [-0.15, -0.1) is 0 Å². The summed E-state index contributed by atoms with van der Waals surface area (Å²) in [5.74, 6) is 2.91. The van der Waals surface area contributed by atoms with Crippen molar-refractivity contribution in [2.45, 2.75) is 13.1 Å². The summed E-state index contributed by atoms with van der Waals surface area (Å²) in [5.41, 5.74) is 2.20. The van der Waals surface area contributed by atoms with Crippen LogP contribution in [-0.2, 0) is 13.1 Å². The molecule has 7 nitrogen and oxygen atoms in total. The van der Waals surface area contributed by atoms with Crippen LogP contribution in [0.25, 0.3) is 0 Å². The predicted octanol–water partition coefficient (Wildman–Crippen LogP) is 3.11. The molecule has 0 fully saturated rings. The zero-order valence-electron chi connectivity index (χ0n) is 14.8. The highest BCUT2D eigenvalue weighted by Crippen LogP contribution is 2.27. The summed E-state index contributed by atoms with van der Waals surface area (Å²) < 4.78 is 10.6. The fourth-order valence-corrected chi connectivity index (χ4v) is 2.43. The first-order valence-electron chi connectivity index (χ1n) is 8.18. The molecule has 3 aromatic rings. The molecule has 0 aliphatic carbocycles. The minimum atomic E-state index is 0.612. The quantitative estimate of drug-likeness (QED) is 0.645. The van der Waals surface area contributed by atoms with E-state index in [-0.39, 0.29) is 0 Å². The van der Waals surface area contributed by atoms with Gasteiger partial charge in [0.1, 0.15) is 18.0 Å². The van der Waals surface area contributed by atoms with E-state index in [0.29, 0.717) is 24.6 Å². The second-order valence-electron chi connectivity index (χ2n) is 5.54. The minimum Gasteiger partial charge on any atom is -0.493 e. The SMILES string of the molecule is COc1ccc(CNc2cc(NCc3ccncc3)ncn2)cc1OC. The van der Waals surface area contributed by atoms with E-state index in [0.717, 1.165) is 22.8 Å². The first kappa shape index (κ1) is 17.5. The van der Waals surface area contributed by atoms with Gasteiger partial charge in [0.05, 0.1) is 14.2 Å². The summed E-state index contributed by atoms with van der Waals surface area (Å²) in [6.45, 7) is 1.29. The molecule has 1 aromatic carbocycles. The maximum Gasteiger partial charge on any atom is 0.161 e. The van der Waals surface area contributed by atoms with Crippen LogP contribution in [0.2, 0.25) is 0 Å². The molecule has 2 heterocycles. The number of anilines is 2. The van der Waals surface area contributed by atoms with Crippen molar-refractivity contribution in [1.29, 1.82) is 0 Å². The van der Waals surface area contributed by atoms with E-state index in [9.17, 15) is 0 Å². The zero-order valence-corrected chi connectivity index (χ0v) is 14.8. The number of methoxy groups -OCH3 is 2. The zero-order chi connectivity index (χ0) is 18.2. The number of aromatic nitrogens is 3. The second kappa shape index (κ2) is 8.66. The van der Waals surface area contributed by atoms with Crippen molar-refractivity contribution in [2.75, 3.05) is 24.9 Å². The largest absolute Gasteiger partial charge is 0.493 e. The van der Waals surface area contributed by atoms with E-state index in [1.165, 1.54) is 6.33 Å². The van der Waals surface area contributed by atoms with Gasteiger partial charge in [-0.3, -0.25) is 4.98 Å². The molecule has 0 aliphatic rings. The van der Waals surface area contributed by atoms with E-state index in [4.69, 9.17) is 9.47 Å². The van der Waals surface area contributed by atoms with Crippen molar-refractivity contribution in [3.63, 3.8) is 0 Å². The summed E-state index contributed by atoms with van der Waals surface area (Å²) >= 11 is 0. The average Bonchev–Trinajstić information content (AvgIpc) is 2.71. The predicted molar refractivity (Wildman–Crippen MR) is 100 cm³/mol. The Morgan fingerprint density at radius 1 is 0.769 bits per heavy atom. The van der Waals surface area contributed by atoms with Crippen LogP contribution in [-0.4, -0.2) is 29.2 Å². The molecule has 2 aromatic heterocycles. The van der Waals surface area contributed by atoms with Crippen LogP contribution in [0.3, 0.4) is 0 Å². The van der Waals surface area contributed by atoms with Crippen molar-refractivity contribution in [2.24, 2.45) is 0 Å². The normalized spacial score (nSPS) is 10.2. The smallest absolute Gasteiger partial charge is 0.161 e. The number of benzene rings is 1. The Morgan fingerprint density at radius 2 is 1.42 bits per heavy atom. The first-order chi connectivity index (χ1) is 12.8. The third-order valence-electron chi connectivity index (χ3n) is 3.81. The lowest BCUT2D eigenvalue weighted by Gasteiger charge is -2.11. The van der Waals surface area contributed by atoms with E-state index < -0.39 is 0 Å². The summed E-state index contributed by atoms with van der Waals surface area (Å²) in [6, 6.07) is 11.6. The van der Waals surface area contributed by atoms with Gasteiger partial charge in [0.25, 0.3) is 0 Å². The number of nitrogens with one attached hydrogen (secondary N) is 2. The number of hydrogen-bond acceptors (Lipinski definition) is 7. The van der Waals surface area contributed by atoms with Gasteiger partial charge in [-0.05, 0) is 35.4 Å². The van der Waals surface area contributed by atoms with E-state index in [1.54, 1.807) is 26.6 Å². The van der Waals surface area contributed by atoms with Crippen molar-refractivity contribution >= 4 is 11.6 Å². The molecule has 0 saturated heterocycles. The highest BCUT2D eigenvalue weighted by atomic mass is 16.5. The molecule has 0 saturated carbocycles. The molecule has 7 heteroatoms. The number of pyridine rings is 1. The Kier molecular flexibility index (Phi) is 5.82. The number of hydrogen-bond donors (Lipinski definition) is 2. The van der Waals surface area contributed by atoms with Gasteiger partial charge in [-0.25, -0.2) is 9.97 Å². The fraction of sp³-hybridized carbons (Fsp3) is 0.211. The lowest BCUT2D eigenvalue weighted by atomic mass is 10.2. The molecule has 0 spiro atoms. The van der Waals surface area contributed by atoms with E-state index in [1.807, 2.05) is 36.4 Å². The molecular formula is C19H21N5O2. The van der Waals surface area contributed by atoms with Gasteiger partial charge in [0.2, 0.25) is 0 Å². The number of rotatable bonds is 8. The van der Waals surface area contributed by atoms with Crippen LogP contribution >= 0.6 is 0 Å². The van der Waals surface area contributed by atoms with Gasteiger partial charge < -0.3 is 20.1 Å². The van der Waals surface area contributed by atoms with Crippen LogP contribution in [0.4, 0.5) is 11.6 Å². The van der Waals surface area contributed by atoms with Gasteiger partial charge in [-0.1, -0.05) is 6.07 Å². The van der Waals surface area contributed by atoms with Crippen LogP contribution in [0, 0.1) is 0 Å². The van der Waals surface area contributed by atoms with Crippen LogP contribution in [0.15, 0.2) is 55.1 Å². The van der Waals surface area contributed by atoms with Crippen LogP contribution < -0.4 is 20.1 Å². The molecule has 0 bridgehead atoms. The Hall–Kier alpha value is -3.35. The fourth-order valence-electron chi connectivity index (χ4n) is 2.43. The van der Waals surface area contributed by atoms with Crippen LogP contribution in [0.5, 0.6) is 11.5 Å². The van der Waals surface area contributed by atoms with Crippen molar-refractivity contribution in [3.8, 4) is 11.5 Å². The average molecular weight is 351 g/mol. The highest BCUT2D eigenvalue weighted by molar-refractivity contribution is 5.48. The molecule has 26 heavy (non-hydrogen) atoms. The van der Waals surface area contributed by atoms with Crippen molar-refractivity contribution < 1.29 is 9.47 Å². The third kappa shape index (κ3) is 4.60. The summed E-state index contributed by atoms with van der Waals surface area (Å²) in [6.07, 6.45) is 5.08. The Morgan fingerprint density at radius 3 is 2.08 bits per heavy atom. The molecule has 0 unspecified atom stereocenters. The maximum atomic E-state index is 5.33. The topological polar surface area (TPSA) is 81.2 Å². The van der Waals surface area contributed by atoms with E-state index in [2.05, 4.69) is 25.6 Å². The molecule has 0 aliphatic heterocycles. The molecule has 2 N–H and O–H groups in total. The van der Waals surface area contributed by atoms with Gasteiger partial charge >= 0.3 is 0 Å². The van der Waals surface area contributed by atoms with Gasteiger partial charge in [0, 0.05) is 31.5 Å². The molecular weight excluding hydrogens is 330 g/mol. The van der Waals surface area contributed by atoms with Gasteiger partial charge in [-0.2, -0.15) is 0 Å². The molecule has 134 valence electrons. The molecule has 0 radical (unpaired) electrons. The standard InChI is InChI=1S/C19H21N5O2/c1-25-16-4-3-15(9-17(16)26-2)12-22-19-10-18(23-13-24-19)21-11-14-5-7-20-8-6-14/h3-10,13H,11-12H2,1-2H3,(H2,21,22,23,24). The van der Waals surface area contributed by atoms with Crippen molar-refractivity contribution in [1.82, 2.24) is 15.0 Å². The molecule has 0 atom stereocenters. The summed E-state index contributed by atoms with van der Waals surface area (Å²) in [7, 11) is 3.25. The summed E-state index contributed by atoms with van der Waals surface area (Å²) in [4.78, 5) is 12.5. The monoisotopic (exact) mass is 351 g/mol. The molecule has 3 rings (SSSR count). The Labute approximate surface area is 152 Å². The number of nitrogens with zero attached hydrogens (tertiary/aromatic N) is 3. The lowest BCUT2D eigenvalue weighted by Crippen LogP contribution is -2.05. The van der Waals surface area contributed by atoms with Gasteiger partial charge in [0.15, 0.2) is 11.5 Å². The lowest BCUT2D eigenvalue weighted by molar-refractivity contribution is 0.354. The Bertz CT molecular complexity index is 842. The molecule has 0 amide bonds.